The highest BCUT2D eigenvalue weighted by molar-refractivity contribution is 7.13. The Morgan fingerprint density at radius 3 is 2.84 bits per heavy atom. The molecular formula is C12H20N4O2S. The van der Waals surface area contributed by atoms with Crippen molar-refractivity contribution in [2.24, 2.45) is 5.92 Å². The lowest BCUT2D eigenvalue weighted by atomic mass is 9.76. The van der Waals surface area contributed by atoms with Gasteiger partial charge in [-0.15, -0.1) is 10.2 Å². The minimum Gasteiger partial charge on any atom is -0.394 e. The minimum atomic E-state index is -0.574. The van der Waals surface area contributed by atoms with E-state index in [0.717, 1.165) is 12.8 Å². The van der Waals surface area contributed by atoms with Crippen LogP contribution in [0.1, 0.15) is 39.0 Å². The largest absolute Gasteiger partial charge is 0.394 e. The van der Waals surface area contributed by atoms with Crippen LogP contribution in [0.4, 0.5) is 9.93 Å². The maximum atomic E-state index is 11.9. The van der Waals surface area contributed by atoms with Crippen LogP contribution in [0.3, 0.4) is 0 Å². The molecule has 0 spiro atoms. The number of aromatic nitrogens is 2. The first kappa shape index (κ1) is 14.2. The second-order valence-electron chi connectivity index (χ2n) is 5.23. The summed E-state index contributed by atoms with van der Waals surface area (Å²) >= 11 is 1.26. The van der Waals surface area contributed by atoms with Crippen molar-refractivity contribution in [2.45, 2.75) is 44.6 Å². The van der Waals surface area contributed by atoms with E-state index in [1.807, 2.05) is 6.92 Å². The Balaban J connectivity index is 1.94. The van der Waals surface area contributed by atoms with E-state index in [1.165, 1.54) is 30.6 Å². The third kappa shape index (κ3) is 3.63. The third-order valence-electron chi connectivity index (χ3n) is 3.81. The summed E-state index contributed by atoms with van der Waals surface area (Å²) in [5, 5.41) is 23.0. The molecule has 1 heterocycles. The minimum absolute atomic E-state index is 0.0544. The van der Waals surface area contributed by atoms with Gasteiger partial charge in [-0.05, 0) is 25.7 Å². The quantitative estimate of drug-likeness (QED) is 0.789. The second-order valence-corrected chi connectivity index (χ2v) is 6.07. The third-order valence-corrected chi connectivity index (χ3v) is 4.42. The van der Waals surface area contributed by atoms with Gasteiger partial charge in [0, 0.05) is 0 Å². The molecule has 106 valence electrons. The topological polar surface area (TPSA) is 87.1 Å². The van der Waals surface area contributed by atoms with Crippen molar-refractivity contribution in [1.82, 2.24) is 15.5 Å². The number of aliphatic hydroxyl groups excluding tert-OH is 1. The van der Waals surface area contributed by atoms with Gasteiger partial charge in [0.15, 0.2) is 0 Å². The van der Waals surface area contributed by atoms with Gasteiger partial charge in [0.2, 0.25) is 5.13 Å². The van der Waals surface area contributed by atoms with E-state index in [0.29, 0.717) is 11.0 Å². The molecule has 0 unspecified atom stereocenters. The Morgan fingerprint density at radius 2 is 2.26 bits per heavy atom. The molecule has 6 nitrogen and oxygen atoms in total. The van der Waals surface area contributed by atoms with Crippen LogP contribution < -0.4 is 10.6 Å². The summed E-state index contributed by atoms with van der Waals surface area (Å²) in [5.41, 5.74) is 0.983. The summed E-state index contributed by atoms with van der Waals surface area (Å²) in [5.74, 6) is 0.325. The summed E-state index contributed by atoms with van der Waals surface area (Å²) in [4.78, 5) is 11.9. The Bertz CT molecular complexity index is 406. The average molecular weight is 284 g/mol. The van der Waals surface area contributed by atoms with Gasteiger partial charge >= 0.3 is 6.03 Å². The van der Waals surface area contributed by atoms with Gasteiger partial charge in [-0.25, -0.2) is 4.79 Å². The van der Waals surface area contributed by atoms with E-state index in [2.05, 4.69) is 20.8 Å². The Labute approximate surface area is 116 Å². The summed E-state index contributed by atoms with van der Waals surface area (Å²) < 4.78 is 0. The van der Waals surface area contributed by atoms with Crippen molar-refractivity contribution in [3.05, 3.63) is 5.51 Å². The molecule has 0 aliphatic heterocycles. The normalized spacial score (nSPS) is 19.7. The molecule has 1 aromatic rings. The molecular weight excluding hydrogens is 264 g/mol. The molecule has 1 aliphatic rings. The van der Waals surface area contributed by atoms with E-state index in [4.69, 9.17) is 0 Å². The summed E-state index contributed by atoms with van der Waals surface area (Å²) in [6.07, 6.45) is 5.68. The summed E-state index contributed by atoms with van der Waals surface area (Å²) in [6.45, 7) is 1.85. The number of urea groups is 1. The number of carbonyl (C=O) groups is 1. The van der Waals surface area contributed by atoms with Crippen molar-refractivity contribution in [1.29, 1.82) is 0 Å². The molecule has 1 aromatic heterocycles. The first-order valence-electron chi connectivity index (χ1n) is 6.60. The van der Waals surface area contributed by atoms with E-state index < -0.39 is 5.54 Å². The van der Waals surface area contributed by atoms with Crippen LogP contribution in [0, 0.1) is 5.92 Å². The standard InChI is InChI=1S/C12H20N4O2S/c1-12(7-17,9-5-3-2-4-6-9)15-10(18)14-11-16-13-8-19-11/h8-9,17H,2-7H2,1H3,(H2,14,15,16,18)/t12-/m1/s1. The number of nitrogens with one attached hydrogen (secondary N) is 2. The van der Waals surface area contributed by atoms with Gasteiger partial charge in [0.25, 0.3) is 0 Å². The smallest absolute Gasteiger partial charge is 0.321 e. The number of amides is 2. The highest BCUT2D eigenvalue weighted by Gasteiger charge is 2.35. The summed E-state index contributed by atoms with van der Waals surface area (Å²) in [7, 11) is 0. The number of carbonyl (C=O) groups excluding carboxylic acids is 1. The predicted molar refractivity (Wildman–Crippen MR) is 74.1 cm³/mol. The lowest BCUT2D eigenvalue weighted by molar-refractivity contribution is 0.103. The van der Waals surface area contributed by atoms with E-state index in [9.17, 15) is 9.90 Å². The molecule has 1 aliphatic carbocycles. The first-order chi connectivity index (χ1) is 9.14. The van der Waals surface area contributed by atoms with Gasteiger partial charge in [-0.1, -0.05) is 30.6 Å². The molecule has 2 rings (SSSR count). The van der Waals surface area contributed by atoms with E-state index >= 15 is 0 Å². The number of rotatable bonds is 4. The van der Waals surface area contributed by atoms with Crippen LogP contribution >= 0.6 is 11.3 Å². The van der Waals surface area contributed by atoms with Crippen molar-refractivity contribution in [3.63, 3.8) is 0 Å². The van der Waals surface area contributed by atoms with Crippen molar-refractivity contribution in [2.75, 3.05) is 11.9 Å². The molecule has 0 aromatic carbocycles. The Hall–Kier alpha value is -1.21. The predicted octanol–water partition coefficient (Wildman–Crippen LogP) is 1.99. The second kappa shape index (κ2) is 6.29. The molecule has 0 bridgehead atoms. The molecule has 0 radical (unpaired) electrons. The van der Waals surface area contributed by atoms with Crippen molar-refractivity contribution >= 4 is 22.5 Å². The Morgan fingerprint density at radius 1 is 1.53 bits per heavy atom. The lowest BCUT2D eigenvalue weighted by Crippen LogP contribution is -2.55. The van der Waals surface area contributed by atoms with Crippen LogP contribution in [0.25, 0.3) is 0 Å². The van der Waals surface area contributed by atoms with Gasteiger partial charge in [0.1, 0.15) is 5.51 Å². The molecule has 2 amide bonds. The van der Waals surface area contributed by atoms with Crippen LogP contribution in [0.15, 0.2) is 5.51 Å². The molecule has 3 N–H and O–H groups in total. The zero-order chi connectivity index (χ0) is 13.7. The van der Waals surface area contributed by atoms with Gasteiger partial charge in [-0.2, -0.15) is 0 Å². The fraction of sp³-hybridized carbons (Fsp3) is 0.750. The number of nitrogens with zero attached hydrogens (tertiary/aromatic N) is 2. The number of aliphatic hydroxyl groups is 1. The van der Waals surface area contributed by atoms with Crippen LogP contribution in [-0.4, -0.2) is 33.5 Å². The monoisotopic (exact) mass is 284 g/mol. The van der Waals surface area contributed by atoms with E-state index in [-0.39, 0.29) is 12.6 Å². The average Bonchev–Trinajstić information content (AvgIpc) is 2.92. The van der Waals surface area contributed by atoms with Gasteiger partial charge in [-0.3, -0.25) is 5.32 Å². The van der Waals surface area contributed by atoms with Crippen LogP contribution in [-0.2, 0) is 0 Å². The molecule has 0 saturated heterocycles. The highest BCUT2D eigenvalue weighted by Crippen LogP contribution is 2.32. The summed E-state index contributed by atoms with van der Waals surface area (Å²) in [6, 6.07) is -0.334. The number of hydrogen-bond donors (Lipinski definition) is 3. The first-order valence-corrected chi connectivity index (χ1v) is 7.48. The molecule has 1 saturated carbocycles. The van der Waals surface area contributed by atoms with Gasteiger partial charge < -0.3 is 10.4 Å². The number of anilines is 1. The van der Waals surface area contributed by atoms with Crippen LogP contribution in [0.2, 0.25) is 0 Å². The molecule has 1 fully saturated rings. The Kier molecular flexibility index (Phi) is 4.71. The maximum Gasteiger partial charge on any atom is 0.321 e. The van der Waals surface area contributed by atoms with Gasteiger partial charge in [0.05, 0.1) is 12.1 Å². The van der Waals surface area contributed by atoms with Crippen molar-refractivity contribution in [3.8, 4) is 0 Å². The SMILES string of the molecule is C[C@](CO)(NC(=O)Nc1nncs1)C1CCCCC1. The molecule has 1 atom stereocenters. The van der Waals surface area contributed by atoms with Crippen molar-refractivity contribution < 1.29 is 9.90 Å². The molecule has 19 heavy (non-hydrogen) atoms. The highest BCUT2D eigenvalue weighted by atomic mass is 32.1. The fourth-order valence-corrected chi connectivity index (χ4v) is 3.07. The number of hydrogen-bond acceptors (Lipinski definition) is 5. The zero-order valence-electron chi connectivity index (χ0n) is 11.1. The molecule has 7 heteroatoms. The van der Waals surface area contributed by atoms with Crippen LogP contribution in [0.5, 0.6) is 0 Å². The zero-order valence-corrected chi connectivity index (χ0v) is 11.9. The fourth-order valence-electron chi connectivity index (χ4n) is 2.63. The van der Waals surface area contributed by atoms with E-state index in [1.54, 1.807) is 5.51 Å². The lowest BCUT2D eigenvalue weighted by Gasteiger charge is -2.39. The maximum absolute atomic E-state index is 11.9.